The molecule has 1 aromatic rings. The molecule has 0 aromatic carbocycles. The third kappa shape index (κ3) is 6.62. The average Bonchev–Trinajstić information content (AvgIpc) is 2.49. The average molecular weight is 374 g/mol. The van der Waals surface area contributed by atoms with Crippen LogP contribution in [0.25, 0.3) is 0 Å². The van der Waals surface area contributed by atoms with Crippen molar-refractivity contribution in [1.29, 1.82) is 5.26 Å². The fourth-order valence-corrected chi connectivity index (χ4v) is 2.57. The van der Waals surface area contributed by atoms with Crippen LogP contribution in [0.15, 0.2) is 11.1 Å². The number of nitrogens with one attached hydrogen (secondary N) is 2. The van der Waals surface area contributed by atoms with E-state index in [-0.39, 0.29) is 22.4 Å². The minimum absolute atomic E-state index is 0.0731. The predicted molar refractivity (Wildman–Crippen MR) is 85.8 cm³/mol. The molecule has 0 bridgehead atoms. The Bertz CT molecular complexity index is 699. The predicted octanol–water partition coefficient (Wildman–Crippen LogP) is 2.85. The number of rotatable bonds is 5. The number of imide groups is 1. The Labute approximate surface area is 147 Å². The van der Waals surface area contributed by atoms with Gasteiger partial charge in [0, 0.05) is 12.2 Å². The van der Waals surface area contributed by atoms with Crippen LogP contribution in [0.4, 0.5) is 18.0 Å². The number of pyridine rings is 1. The second-order valence-corrected chi connectivity index (χ2v) is 6.51. The zero-order valence-corrected chi connectivity index (χ0v) is 14.6. The van der Waals surface area contributed by atoms with Gasteiger partial charge in [-0.2, -0.15) is 18.4 Å². The molecule has 10 heteroatoms. The first-order chi connectivity index (χ1) is 11.5. The van der Waals surface area contributed by atoms with Gasteiger partial charge in [-0.1, -0.05) is 25.6 Å². The summed E-state index contributed by atoms with van der Waals surface area (Å²) in [5, 5.41) is 13.4. The van der Waals surface area contributed by atoms with E-state index in [9.17, 15) is 22.8 Å². The van der Waals surface area contributed by atoms with Crippen molar-refractivity contribution in [2.24, 2.45) is 5.92 Å². The van der Waals surface area contributed by atoms with E-state index in [1.807, 2.05) is 13.8 Å². The fraction of sp³-hybridized carbons (Fsp3) is 0.467. The minimum Gasteiger partial charge on any atom is -0.338 e. The van der Waals surface area contributed by atoms with Gasteiger partial charge in [0.15, 0.2) is 0 Å². The van der Waals surface area contributed by atoms with Gasteiger partial charge < -0.3 is 5.32 Å². The van der Waals surface area contributed by atoms with Gasteiger partial charge in [-0.3, -0.25) is 10.1 Å². The quantitative estimate of drug-likeness (QED) is 0.773. The number of halogens is 3. The molecule has 1 aromatic heterocycles. The van der Waals surface area contributed by atoms with Crippen molar-refractivity contribution >= 4 is 23.7 Å². The van der Waals surface area contributed by atoms with Crippen LogP contribution in [0.2, 0.25) is 0 Å². The highest BCUT2D eigenvalue weighted by Gasteiger charge is 2.35. The number of aromatic nitrogens is 1. The summed E-state index contributed by atoms with van der Waals surface area (Å²) in [6, 6.07) is 1.57. The second-order valence-electron chi connectivity index (χ2n) is 5.54. The molecule has 6 nitrogen and oxygen atoms in total. The fourth-order valence-electron chi connectivity index (χ4n) is 1.72. The molecule has 3 amide bonds. The SMILES string of the molecule is Cc1cc(C(F)(F)F)c(C#N)c(SCC(=O)NC(=O)NCC(C)C)n1. The number of nitrogens with zero attached hydrogens (tertiary/aromatic N) is 2. The molecule has 1 rings (SSSR count). The molecule has 0 saturated carbocycles. The maximum Gasteiger partial charge on any atom is 0.417 e. The van der Waals surface area contributed by atoms with Crippen LogP contribution in [0, 0.1) is 24.2 Å². The Kier molecular flexibility index (Phi) is 7.23. The smallest absolute Gasteiger partial charge is 0.338 e. The van der Waals surface area contributed by atoms with E-state index in [4.69, 9.17) is 5.26 Å². The van der Waals surface area contributed by atoms with Gasteiger partial charge in [-0.15, -0.1) is 0 Å². The summed E-state index contributed by atoms with van der Waals surface area (Å²) in [6.07, 6.45) is -4.70. The third-order valence-corrected chi connectivity index (χ3v) is 3.77. The molecule has 0 aliphatic carbocycles. The zero-order valence-electron chi connectivity index (χ0n) is 13.8. The molecule has 1 heterocycles. The first-order valence-electron chi connectivity index (χ1n) is 7.24. The van der Waals surface area contributed by atoms with Crippen molar-refractivity contribution in [3.63, 3.8) is 0 Å². The van der Waals surface area contributed by atoms with Crippen LogP contribution in [-0.2, 0) is 11.0 Å². The molecule has 0 unspecified atom stereocenters. The van der Waals surface area contributed by atoms with Crippen LogP contribution >= 0.6 is 11.8 Å². The Morgan fingerprint density at radius 2 is 2.04 bits per heavy atom. The summed E-state index contributed by atoms with van der Waals surface area (Å²) >= 11 is 0.665. The van der Waals surface area contributed by atoms with Crippen molar-refractivity contribution < 1.29 is 22.8 Å². The van der Waals surface area contributed by atoms with Gasteiger partial charge in [0.1, 0.15) is 11.1 Å². The van der Waals surface area contributed by atoms with Gasteiger partial charge in [0.2, 0.25) is 5.91 Å². The van der Waals surface area contributed by atoms with Gasteiger partial charge in [-0.25, -0.2) is 9.78 Å². The number of alkyl halides is 3. The molecule has 0 atom stereocenters. The van der Waals surface area contributed by atoms with Gasteiger partial charge in [0.25, 0.3) is 0 Å². The van der Waals surface area contributed by atoms with Crippen LogP contribution in [0.5, 0.6) is 0 Å². The van der Waals surface area contributed by atoms with E-state index in [1.54, 1.807) is 0 Å². The van der Waals surface area contributed by atoms with E-state index >= 15 is 0 Å². The van der Waals surface area contributed by atoms with Crippen molar-refractivity contribution in [1.82, 2.24) is 15.6 Å². The Hall–Kier alpha value is -2.28. The summed E-state index contributed by atoms with van der Waals surface area (Å²) in [4.78, 5) is 27.1. The lowest BCUT2D eigenvalue weighted by molar-refractivity contribution is -0.138. The molecule has 0 spiro atoms. The zero-order chi connectivity index (χ0) is 19.2. The highest BCUT2D eigenvalue weighted by molar-refractivity contribution is 8.00. The second kappa shape index (κ2) is 8.71. The van der Waals surface area contributed by atoms with Crippen molar-refractivity contribution in [3.8, 4) is 6.07 Å². The van der Waals surface area contributed by atoms with Gasteiger partial charge >= 0.3 is 12.2 Å². The normalized spacial score (nSPS) is 11.1. The molecule has 0 aliphatic heterocycles. The topological polar surface area (TPSA) is 94.9 Å². The number of carbonyl (C=O) groups is 2. The van der Waals surface area contributed by atoms with Crippen molar-refractivity contribution in [2.45, 2.75) is 32.0 Å². The number of hydrogen-bond donors (Lipinski definition) is 2. The Balaban J connectivity index is 2.81. The molecule has 25 heavy (non-hydrogen) atoms. The minimum atomic E-state index is -4.70. The standard InChI is InChI=1S/C15H17F3N4O2S/c1-8(2)6-20-14(24)22-12(23)7-25-13-10(5-19)11(15(16,17)18)4-9(3)21-13/h4,8H,6-7H2,1-3H3,(H2,20,22,23,24). The summed E-state index contributed by atoms with van der Waals surface area (Å²) < 4.78 is 39.0. The molecule has 0 fully saturated rings. The van der Waals surface area contributed by atoms with E-state index in [1.165, 1.54) is 13.0 Å². The molecular formula is C15H17F3N4O2S. The van der Waals surface area contributed by atoms with Crippen molar-refractivity contribution in [3.05, 3.63) is 22.9 Å². The summed E-state index contributed by atoms with van der Waals surface area (Å²) in [6.45, 7) is 5.49. The van der Waals surface area contributed by atoms with E-state index in [0.29, 0.717) is 18.3 Å². The van der Waals surface area contributed by atoms with Crippen LogP contribution in [0.1, 0.15) is 30.7 Å². The monoisotopic (exact) mass is 374 g/mol. The summed E-state index contributed by atoms with van der Waals surface area (Å²) in [5.41, 5.74) is -1.66. The van der Waals surface area contributed by atoms with Crippen LogP contribution < -0.4 is 10.6 Å². The summed E-state index contributed by atoms with van der Waals surface area (Å²) in [5.74, 6) is -0.852. The molecule has 2 N–H and O–H groups in total. The number of urea groups is 1. The Morgan fingerprint density at radius 3 is 2.56 bits per heavy atom. The lowest BCUT2D eigenvalue weighted by atomic mass is 10.1. The van der Waals surface area contributed by atoms with E-state index in [2.05, 4.69) is 15.6 Å². The first-order valence-corrected chi connectivity index (χ1v) is 8.22. The first kappa shape index (κ1) is 20.8. The number of nitriles is 1. The molecule has 0 saturated heterocycles. The molecule has 136 valence electrons. The third-order valence-electron chi connectivity index (χ3n) is 2.80. The maximum absolute atomic E-state index is 13.0. The maximum atomic E-state index is 13.0. The van der Waals surface area contributed by atoms with Gasteiger partial charge in [-0.05, 0) is 18.9 Å². The molecule has 0 radical (unpaired) electrons. The van der Waals surface area contributed by atoms with Crippen LogP contribution in [-0.4, -0.2) is 29.2 Å². The molecular weight excluding hydrogens is 357 g/mol. The largest absolute Gasteiger partial charge is 0.417 e. The number of thioether (sulfide) groups is 1. The van der Waals surface area contributed by atoms with E-state index < -0.39 is 29.2 Å². The number of amides is 3. The van der Waals surface area contributed by atoms with E-state index in [0.717, 1.165) is 6.07 Å². The number of hydrogen-bond acceptors (Lipinski definition) is 5. The Morgan fingerprint density at radius 1 is 1.40 bits per heavy atom. The molecule has 0 aliphatic rings. The lowest BCUT2D eigenvalue weighted by Gasteiger charge is -2.13. The van der Waals surface area contributed by atoms with Gasteiger partial charge in [0.05, 0.1) is 16.9 Å². The number of aryl methyl sites for hydroxylation is 1. The number of carbonyl (C=O) groups excluding carboxylic acids is 2. The van der Waals surface area contributed by atoms with Crippen molar-refractivity contribution in [2.75, 3.05) is 12.3 Å². The highest BCUT2D eigenvalue weighted by atomic mass is 32.2. The highest BCUT2D eigenvalue weighted by Crippen LogP contribution is 2.35. The summed E-state index contributed by atoms with van der Waals surface area (Å²) in [7, 11) is 0. The lowest BCUT2D eigenvalue weighted by Crippen LogP contribution is -2.41. The van der Waals surface area contributed by atoms with Crippen LogP contribution in [0.3, 0.4) is 0 Å².